The van der Waals surface area contributed by atoms with Crippen molar-refractivity contribution in [2.24, 2.45) is 0 Å². The number of rotatable bonds is 5. The molecule has 0 aliphatic heterocycles. The number of hydrogen-bond acceptors (Lipinski definition) is 4. The van der Waals surface area contributed by atoms with E-state index in [1.165, 1.54) is 4.68 Å². The molecule has 0 aromatic carbocycles. The van der Waals surface area contributed by atoms with E-state index in [-0.39, 0.29) is 29.5 Å². The van der Waals surface area contributed by atoms with E-state index in [4.69, 9.17) is 0 Å². The van der Waals surface area contributed by atoms with Gasteiger partial charge in [0.1, 0.15) is 12.1 Å². The van der Waals surface area contributed by atoms with Crippen LogP contribution in [0.3, 0.4) is 0 Å². The Morgan fingerprint density at radius 2 is 1.84 bits per heavy atom. The highest BCUT2D eigenvalue weighted by molar-refractivity contribution is 5.81. The van der Waals surface area contributed by atoms with Crippen molar-refractivity contribution in [1.82, 2.24) is 24.5 Å². The third-order valence-electron chi connectivity index (χ3n) is 4.29. The Morgan fingerprint density at radius 1 is 1.24 bits per heavy atom. The van der Waals surface area contributed by atoms with E-state index >= 15 is 0 Å². The Hall–Kier alpha value is -2.18. The summed E-state index contributed by atoms with van der Waals surface area (Å²) in [4.78, 5) is 27.2. The van der Waals surface area contributed by atoms with Crippen LogP contribution in [0.5, 0.6) is 0 Å². The zero-order valence-electron chi connectivity index (χ0n) is 16.3. The molecule has 2 heterocycles. The molecular formula is C18H29N5O2. The first-order valence-electron chi connectivity index (χ1n) is 8.88. The molecule has 0 atom stereocenters. The lowest BCUT2D eigenvalue weighted by Gasteiger charge is -2.22. The molecule has 7 nitrogen and oxygen atoms in total. The van der Waals surface area contributed by atoms with E-state index in [0.717, 1.165) is 11.1 Å². The molecule has 2 aromatic rings. The average molecular weight is 347 g/mol. The van der Waals surface area contributed by atoms with Crippen molar-refractivity contribution in [3.63, 3.8) is 0 Å². The van der Waals surface area contributed by atoms with Gasteiger partial charge in [0.05, 0.1) is 17.4 Å². The van der Waals surface area contributed by atoms with Crippen molar-refractivity contribution in [3.8, 4) is 0 Å². The highest BCUT2D eigenvalue weighted by atomic mass is 16.2. The van der Waals surface area contributed by atoms with Crippen LogP contribution in [0, 0.1) is 0 Å². The van der Waals surface area contributed by atoms with Crippen LogP contribution < -0.4 is 5.56 Å². The maximum atomic E-state index is 13.0. The van der Waals surface area contributed by atoms with Gasteiger partial charge in [-0.1, -0.05) is 13.8 Å². The molecule has 7 heteroatoms. The highest BCUT2D eigenvalue weighted by Gasteiger charge is 2.24. The molecule has 0 N–H and O–H groups in total. The fraction of sp³-hybridized carbons (Fsp3) is 0.667. The number of hydrogen-bond donors (Lipinski definition) is 0. The molecule has 138 valence electrons. The minimum absolute atomic E-state index is 0.0501. The van der Waals surface area contributed by atoms with Crippen molar-refractivity contribution in [2.75, 3.05) is 13.1 Å². The van der Waals surface area contributed by atoms with Crippen LogP contribution in [0.15, 0.2) is 11.0 Å². The number of carbonyl (C=O) groups excluding carboxylic acids is 1. The molecular weight excluding hydrogens is 318 g/mol. The second-order valence-electron chi connectivity index (χ2n) is 7.56. The van der Waals surface area contributed by atoms with Gasteiger partial charge < -0.3 is 4.90 Å². The lowest BCUT2D eigenvalue weighted by Crippen LogP contribution is -2.38. The Bertz CT molecular complexity index is 822. The molecule has 0 aliphatic rings. The van der Waals surface area contributed by atoms with Crippen molar-refractivity contribution < 1.29 is 4.79 Å². The lowest BCUT2D eigenvalue weighted by atomic mass is 10.1. The summed E-state index contributed by atoms with van der Waals surface area (Å²) in [6, 6.07) is 0. The van der Waals surface area contributed by atoms with Crippen molar-refractivity contribution in [1.29, 1.82) is 0 Å². The number of nitrogens with zero attached hydrogens (tertiary/aromatic N) is 5. The van der Waals surface area contributed by atoms with Crippen molar-refractivity contribution in [2.45, 2.75) is 66.5 Å². The molecule has 0 saturated carbocycles. The maximum absolute atomic E-state index is 13.0. The summed E-state index contributed by atoms with van der Waals surface area (Å²) in [7, 11) is 0. The number of fused-ring (bicyclic) bond motifs is 1. The van der Waals surface area contributed by atoms with E-state index in [1.54, 1.807) is 15.8 Å². The van der Waals surface area contributed by atoms with E-state index in [1.807, 2.05) is 48.5 Å². The summed E-state index contributed by atoms with van der Waals surface area (Å²) >= 11 is 0. The summed E-state index contributed by atoms with van der Waals surface area (Å²) < 4.78 is 3.03. The van der Waals surface area contributed by atoms with Crippen LogP contribution in [0.4, 0.5) is 0 Å². The first kappa shape index (κ1) is 19.1. The van der Waals surface area contributed by atoms with Crippen LogP contribution in [-0.2, 0) is 16.9 Å². The summed E-state index contributed by atoms with van der Waals surface area (Å²) in [5, 5.41) is 9.68. The summed E-state index contributed by atoms with van der Waals surface area (Å²) in [5.74, 6) is 0.0194. The molecule has 1 amide bonds. The normalized spacial score (nSPS) is 12.2. The second-order valence-corrected chi connectivity index (χ2v) is 7.56. The lowest BCUT2D eigenvalue weighted by molar-refractivity contribution is -0.131. The molecule has 2 aromatic heterocycles. The molecule has 0 bridgehead atoms. The Morgan fingerprint density at radius 3 is 2.32 bits per heavy atom. The molecule has 0 unspecified atom stereocenters. The van der Waals surface area contributed by atoms with Gasteiger partial charge in [-0.2, -0.15) is 10.2 Å². The fourth-order valence-corrected chi connectivity index (χ4v) is 2.94. The quantitative estimate of drug-likeness (QED) is 0.832. The monoisotopic (exact) mass is 347 g/mol. The minimum atomic E-state index is -0.336. The molecule has 0 saturated heterocycles. The summed E-state index contributed by atoms with van der Waals surface area (Å²) in [6.07, 6.45) is 1.71. The Labute approximate surface area is 148 Å². The first-order valence-corrected chi connectivity index (χ1v) is 8.88. The van der Waals surface area contributed by atoms with Crippen molar-refractivity contribution >= 4 is 16.8 Å². The number of amides is 1. The molecule has 25 heavy (non-hydrogen) atoms. The predicted molar refractivity (Wildman–Crippen MR) is 98.8 cm³/mol. The van der Waals surface area contributed by atoms with Gasteiger partial charge in [-0.05, 0) is 40.5 Å². The SMILES string of the molecule is CCN(CC)C(=O)Cn1nc(C(C)C)c2cnn(C(C)(C)C)c2c1=O. The maximum Gasteiger partial charge on any atom is 0.293 e. The van der Waals surface area contributed by atoms with Crippen LogP contribution in [0.25, 0.3) is 10.9 Å². The van der Waals surface area contributed by atoms with E-state index < -0.39 is 0 Å². The number of aromatic nitrogens is 4. The third kappa shape index (κ3) is 3.60. The third-order valence-corrected chi connectivity index (χ3v) is 4.29. The van der Waals surface area contributed by atoms with Gasteiger partial charge in [0.2, 0.25) is 5.91 Å². The predicted octanol–water partition coefficient (Wildman–Crippen LogP) is 2.34. The Balaban J connectivity index is 2.67. The van der Waals surface area contributed by atoms with Crippen LogP contribution in [0.1, 0.15) is 60.1 Å². The smallest absolute Gasteiger partial charge is 0.293 e. The number of carbonyl (C=O) groups is 1. The molecule has 0 fully saturated rings. The Kier molecular flexibility index (Phi) is 5.34. The minimum Gasteiger partial charge on any atom is -0.342 e. The molecule has 2 rings (SSSR count). The average Bonchev–Trinajstić information content (AvgIpc) is 2.96. The van der Waals surface area contributed by atoms with Gasteiger partial charge in [0.15, 0.2) is 0 Å². The van der Waals surface area contributed by atoms with Crippen molar-refractivity contribution in [3.05, 3.63) is 22.2 Å². The zero-order valence-corrected chi connectivity index (χ0v) is 16.3. The molecule has 0 aliphatic carbocycles. The standard InChI is InChI=1S/C18H29N5O2/c1-8-21(9-2)14(24)11-22-17(25)16-13(15(20-22)12(3)4)10-19-23(16)18(5,6)7/h10,12H,8-9,11H2,1-7H3. The van der Waals surface area contributed by atoms with Gasteiger partial charge in [-0.3, -0.25) is 14.3 Å². The second kappa shape index (κ2) is 6.98. The zero-order chi connectivity index (χ0) is 18.9. The fourth-order valence-electron chi connectivity index (χ4n) is 2.94. The van der Waals surface area contributed by atoms with E-state index in [2.05, 4.69) is 10.2 Å². The molecule has 0 spiro atoms. The molecule has 0 radical (unpaired) electrons. The van der Waals surface area contributed by atoms with Gasteiger partial charge >= 0.3 is 0 Å². The first-order chi connectivity index (χ1) is 11.6. The van der Waals surface area contributed by atoms with Crippen LogP contribution in [0.2, 0.25) is 0 Å². The van der Waals surface area contributed by atoms with Gasteiger partial charge in [-0.15, -0.1) is 0 Å². The summed E-state index contributed by atoms with van der Waals surface area (Å²) in [5.41, 5.74) is 0.695. The largest absolute Gasteiger partial charge is 0.342 e. The highest BCUT2D eigenvalue weighted by Crippen LogP contribution is 2.24. The number of likely N-dealkylation sites (N-methyl/N-ethyl adjacent to an activating group) is 1. The van der Waals surface area contributed by atoms with Crippen LogP contribution in [-0.4, -0.2) is 43.5 Å². The topological polar surface area (TPSA) is 73.0 Å². The van der Waals surface area contributed by atoms with Crippen LogP contribution >= 0.6 is 0 Å². The van der Waals surface area contributed by atoms with E-state index in [0.29, 0.717) is 18.6 Å². The van der Waals surface area contributed by atoms with Gasteiger partial charge in [0.25, 0.3) is 5.56 Å². The van der Waals surface area contributed by atoms with Gasteiger partial charge in [-0.25, -0.2) is 4.68 Å². The van der Waals surface area contributed by atoms with E-state index in [9.17, 15) is 9.59 Å². The van der Waals surface area contributed by atoms with Gasteiger partial charge in [0, 0.05) is 18.5 Å². The summed E-state index contributed by atoms with van der Waals surface area (Å²) in [6.45, 7) is 15.1.